The van der Waals surface area contributed by atoms with E-state index < -0.39 is 9.05 Å². The molecule has 1 rings (SSSR count). The molecule has 0 saturated carbocycles. The zero-order valence-corrected chi connectivity index (χ0v) is 13.5. The Hall–Kier alpha value is -0.780. The first-order valence-corrected chi connectivity index (χ1v) is 9.07. The number of unbranched alkanes of at least 4 members (excludes halogenated alkanes) is 3. The van der Waals surface area contributed by atoms with Gasteiger partial charge in [0.05, 0.1) is 5.02 Å². The smallest absolute Gasteiger partial charge is 0.262 e. The van der Waals surface area contributed by atoms with Gasteiger partial charge in [0, 0.05) is 22.8 Å². The van der Waals surface area contributed by atoms with Crippen LogP contribution >= 0.6 is 22.3 Å². The molecule has 1 N–H and O–H groups in total. The summed E-state index contributed by atoms with van der Waals surface area (Å²) in [6, 6.07) is 4.00. The van der Waals surface area contributed by atoms with Gasteiger partial charge in [0.2, 0.25) is 0 Å². The third kappa shape index (κ3) is 5.31. The van der Waals surface area contributed by atoms with E-state index in [4.69, 9.17) is 22.3 Å². The van der Waals surface area contributed by atoms with E-state index in [9.17, 15) is 13.2 Å². The Kier molecular flexibility index (Phi) is 6.79. The highest BCUT2D eigenvalue weighted by Crippen LogP contribution is 2.25. The molecule has 7 heteroatoms. The van der Waals surface area contributed by atoms with Gasteiger partial charge in [-0.2, -0.15) is 0 Å². The van der Waals surface area contributed by atoms with Crippen LogP contribution in [0.4, 0.5) is 0 Å². The van der Waals surface area contributed by atoms with Gasteiger partial charge in [-0.25, -0.2) is 8.42 Å². The Labute approximate surface area is 128 Å². The zero-order chi connectivity index (χ0) is 15.2. The molecule has 0 aliphatic heterocycles. The minimum absolute atomic E-state index is 0.000467. The third-order valence-corrected chi connectivity index (χ3v) is 4.58. The van der Waals surface area contributed by atoms with Crippen LogP contribution in [0.5, 0.6) is 0 Å². The lowest BCUT2D eigenvalue weighted by Crippen LogP contribution is -2.24. The normalized spacial score (nSPS) is 11.3. The number of amides is 1. The number of benzene rings is 1. The summed E-state index contributed by atoms with van der Waals surface area (Å²) < 4.78 is 22.6. The Balaban J connectivity index is 2.70. The van der Waals surface area contributed by atoms with Gasteiger partial charge in [-0.1, -0.05) is 37.8 Å². The highest BCUT2D eigenvalue weighted by Gasteiger charge is 2.17. The van der Waals surface area contributed by atoms with Crippen molar-refractivity contribution in [3.05, 3.63) is 28.8 Å². The molecule has 1 aromatic rings. The summed E-state index contributed by atoms with van der Waals surface area (Å²) in [5, 5.41) is 2.74. The van der Waals surface area contributed by atoms with E-state index in [2.05, 4.69) is 12.2 Å². The molecule has 0 heterocycles. The summed E-state index contributed by atoms with van der Waals surface area (Å²) in [6.07, 6.45) is 4.21. The van der Waals surface area contributed by atoms with Crippen LogP contribution in [0.2, 0.25) is 5.02 Å². The van der Waals surface area contributed by atoms with Gasteiger partial charge in [-0.3, -0.25) is 4.79 Å². The van der Waals surface area contributed by atoms with Crippen LogP contribution in [0.3, 0.4) is 0 Å². The van der Waals surface area contributed by atoms with E-state index in [1.54, 1.807) is 0 Å². The van der Waals surface area contributed by atoms with E-state index in [0.29, 0.717) is 6.54 Å². The average molecular weight is 338 g/mol. The van der Waals surface area contributed by atoms with Crippen molar-refractivity contribution in [2.75, 3.05) is 6.54 Å². The molecule has 4 nitrogen and oxygen atoms in total. The predicted molar refractivity (Wildman–Crippen MR) is 81.0 cm³/mol. The number of hydrogen-bond donors (Lipinski definition) is 1. The van der Waals surface area contributed by atoms with Crippen molar-refractivity contribution in [1.29, 1.82) is 0 Å². The minimum Gasteiger partial charge on any atom is -0.352 e. The summed E-state index contributed by atoms with van der Waals surface area (Å²) >= 11 is 5.75. The molecule has 20 heavy (non-hydrogen) atoms. The van der Waals surface area contributed by atoms with Crippen molar-refractivity contribution in [1.82, 2.24) is 5.32 Å². The molecular weight excluding hydrogens is 321 g/mol. The van der Waals surface area contributed by atoms with Crippen LogP contribution in [0.1, 0.15) is 43.0 Å². The van der Waals surface area contributed by atoms with E-state index >= 15 is 0 Å². The molecular formula is C13H17Cl2NO3S. The first-order valence-electron chi connectivity index (χ1n) is 6.38. The summed E-state index contributed by atoms with van der Waals surface area (Å²) in [7, 11) is 1.30. The summed E-state index contributed by atoms with van der Waals surface area (Å²) in [4.78, 5) is 11.6. The SMILES string of the molecule is CCCCCCNC(=O)c1ccc(Cl)c(S(=O)(=O)Cl)c1. The molecule has 1 amide bonds. The quantitative estimate of drug-likeness (QED) is 0.610. The molecule has 0 radical (unpaired) electrons. The van der Waals surface area contributed by atoms with Gasteiger partial charge in [-0.15, -0.1) is 0 Å². The van der Waals surface area contributed by atoms with Crippen molar-refractivity contribution in [3.63, 3.8) is 0 Å². The minimum atomic E-state index is -3.96. The first kappa shape index (κ1) is 17.3. The van der Waals surface area contributed by atoms with Crippen LogP contribution in [-0.4, -0.2) is 20.9 Å². The average Bonchev–Trinajstić information content (AvgIpc) is 2.37. The second-order valence-corrected chi connectivity index (χ2v) is 7.34. The van der Waals surface area contributed by atoms with Gasteiger partial charge in [-0.05, 0) is 24.6 Å². The largest absolute Gasteiger partial charge is 0.352 e. The molecule has 1 aromatic carbocycles. The highest BCUT2D eigenvalue weighted by molar-refractivity contribution is 8.13. The van der Waals surface area contributed by atoms with Gasteiger partial charge in [0.15, 0.2) is 0 Å². The molecule has 0 spiro atoms. The van der Waals surface area contributed by atoms with Crippen molar-refractivity contribution < 1.29 is 13.2 Å². The van der Waals surface area contributed by atoms with Gasteiger partial charge >= 0.3 is 0 Å². The second-order valence-electron chi connectivity index (χ2n) is 4.40. The van der Waals surface area contributed by atoms with Crippen molar-refractivity contribution in [3.8, 4) is 0 Å². The Morgan fingerprint density at radius 2 is 1.95 bits per heavy atom. The van der Waals surface area contributed by atoms with E-state index in [0.717, 1.165) is 25.7 Å². The second kappa shape index (κ2) is 7.86. The molecule has 0 unspecified atom stereocenters. The molecule has 0 saturated heterocycles. The number of hydrogen-bond acceptors (Lipinski definition) is 3. The lowest BCUT2D eigenvalue weighted by atomic mass is 10.2. The van der Waals surface area contributed by atoms with Crippen LogP contribution in [-0.2, 0) is 9.05 Å². The fourth-order valence-corrected chi connectivity index (χ4v) is 3.18. The fourth-order valence-electron chi connectivity index (χ4n) is 1.69. The number of carbonyl (C=O) groups excluding carboxylic acids is 1. The summed E-state index contributed by atoms with van der Waals surface area (Å²) in [5.74, 6) is -0.334. The van der Waals surface area contributed by atoms with E-state index in [1.807, 2.05) is 0 Å². The Bertz CT molecular complexity index is 573. The maximum absolute atomic E-state index is 11.9. The van der Waals surface area contributed by atoms with Crippen molar-refractivity contribution >= 4 is 37.2 Å². The van der Waals surface area contributed by atoms with Gasteiger partial charge in [0.25, 0.3) is 15.0 Å². The van der Waals surface area contributed by atoms with Crippen LogP contribution in [0.15, 0.2) is 23.1 Å². The van der Waals surface area contributed by atoms with Crippen molar-refractivity contribution in [2.24, 2.45) is 0 Å². The number of rotatable bonds is 7. The number of carbonyl (C=O) groups is 1. The van der Waals surface area contributed by atoms with Crippen LogP contribution < -0.4 is 5.32 Å². The summed E-state index contributed by atoms with van der Waals surface area (Å²) in [5.41, 5.74) is 0.226. The standard InChI is InChI=1S/C13H17Cl2NO3S/c1-2-3-4-5-8-16-13(17)10-6-7-11(14)12(9-10)20(15,18)19/h6-7,9H,2-5,8H2,1H3,(H,16,17). The van der Waals surface area contributed by atoms with Crippen LogP contribution in [0.25, 0.3) is 0 Å². The number of nitrogens with one attached hydrogen (secondary N) is 1. The monoisotopic (exact) mass is 337 g/mol. The van der Waals surface area contributed by atoms with E-state index in [1.165, 1.54) is 18.2 Å². The zero-order valence-electron chi connectivity index (χ0n) is 11.2. The fraction of sp³-hybridized carbons (Fsp3) is 0.462. The van der Waals surface area contributed by atoms with E-state index in [-0.39, 0.29) is 21.4 Å². The molecule has 112 valence electrons. The molecule has 0 aromatic heterocycles. The topological polar surface area (TPSA) is 63.2 Å². The maximum Gasteiger partial charge on any atom is 0.262 e. The summed E-state index contributed by atoms with van der Waals surface area (Å²) in [6.45, 7) is 2.67. The molecule has 0 atom stereocenters. The predicted octanol–water partition coefficient (Wildman–Crippen LogP) is 3.58. The van der Waals surface area contributed by atoms with Crippen molar-refractivity contribution in [2.45, 2.75) is 37.5 Å². The number of halogens is 2. The van der Waals surface area contributed by atoms with Crippen LogP contribution in [0, 0.1) is 0 Å². The van der Waals surface area contributed by atoms with Gasteiger partial charge < -0.3 is 5.32 Å². The lowest BCUT2D eigenvalue weighted by molar-refractivity contribution is 0.0952. The Morgan fingerprint density at radius 1 is 1.25 bits per heavy atom. The highest BCUT2D eigenvalue weighted by atomic mass is 35.7. The maximum atomic E-state index is 11.9. The van der Waals surface area contributed by atoms with Gasteiger partial charge in [0.1, 0.15) is 4.90 Å². The Morgan fingerprint density at radius 3 is 2.55 bits per heavy atom. The third-order valence-electron chi connectivity index (χ3n) is 2.77. The first-order chi connectivity index (χ1) is 9.36. The molecule has 0 fully saturated rings. The lowest BCUT2D eigenvalue weighted by Gasteiger charge is -2.07. The molecule has 0 aliphatic carbocycles. The molecule has 0 aliphatic rings. The molecule has 0 bridgehead atoms.